The molecular weight excluding hydrogens is 366 g/mol. The van der Waals surface area contributed by atoms with E-state index in [-0.39, 0.29) is 12.1 Å². The van der Waals surface area contributed by atoms with Crippen LogP contribution in [0.4, 0.5) is 15.3 Å². The van der Waals surface area contributed by atoms with Crippen LogP contribution in [0, 0.1) is 0 Å². The van der Waals surface area contributed by atoms with Crippen LogP contribution in [0.5, 0.6) is 0 Å². The summed E-state index contributed by atoms with van der Waals surface area (Å²) in [6.45, 7) is 4.00. The van der Waals surface area contributed by atoms with Crippen molar-refractivity contribution in [3.05, 3.63) is 53.6 Å². The first-order valence-corrected chi connectivity index (χ1v) is 9.28. The van der Waals surface area contributed by atoms with E-state index in [1.54, 1.807) is 16.7 Å². The van der Waals surface area contributed by atoms with Crippen LogP contribution >= 0.6 is 11.6 Å². The van der Waals surface area contributed by atoms with Gasteiger partial charge in [-0.1, -0.05) is 35.9 Å². The second kappa shape index (κ2) is 8.77. The summed E-state index contributed by atoms with van der Waals surface area (Å²) in [6, 6.07) is 15.0. The number of nitrogens with zero attached hydrogens (tertiary/aromatic N) is 2. The molecule has 0 spiro atoms. The molecule has 3 amide bonds. The molecule has 2 aromatic carbocycles. The van der Waals surface area contributed by atoms with Gasteiger partial charge in [-0.2, -0.15) is 0 Å². The summed E-state index contributed by atoms with van der Waals surface area (Å²) in [5, 5.41) is 3.59. The molecule has 0 aromatic heterocycles. The number of ether oxygens (including phenoxy) is 1. The minimum Gasteiger partial charge on any atom is -0.450 e. The second-order valence-electron chi connectivity index (χ2n) is 6.19. The van der Waals surface area contributed by atoms with Gasteiger partial charge in [0, 0.05) is 36.9 Å². The van der Waals surface area contributed by atoms with E-state index in [1.807, 2.05) is 48.5 Å². The molecule has 0 unspecified atom stereocenters. The standard InChI is InChI=1S/C20H22ClN3O3/c1-2-27-20(26)24-11-9-23(10-12-24)19(25)22-18-8-4-6-16(14-18)15-5-3-7-17(21)13-15/h3-8,13-14H,2,9-12H2,1H3,(H,22,25). The van der Waals surface area contributed by atoms with Crippen LogP contribution in [0.2, 0.25) is 5.02 Å². The van der Waals surface area contributed by atoms with Gasteiger partial charge in [0.1, 0.15) is 0 Å². The molecule has 1 aliphatic rings. The molecule has 1 heterocycles. The monoisotopic (exact) mass is 387 g/mol. The van der Waals surface area contributed by atoms with Gasteiger partial charge in [0.2, 0.25) is 0 Å². The highest BCUT2D eigenvalue weighted by molar-refractivity contribution is 6.30. The smallest absolute Gasteiger partial charge is 0.409 e. The third-order valence-electron chi connectivity index (χ3n) is 4.36. The lowest BCUT2D eigenvalue weighted by molar-refractivity contribution is 0.0868. The van der Waals surface area contributed by atoms with Crippen molar-refractivity contribution < 1.29 is 14.3 Å². The molecule has 6 nitrogen and oxygen atoms in total. The molecular formula is C20H22ClN3O3. The Morgan fingerprint density at radius 2 is 1.63 bits per heavy atom. The van der Waals surface area contributed by atoms with Gasteiger partial charge in [-0.25, -0.2) is 9.59 Å². The van der Waals surface area contributed by atoms with E-state index in [2.05, 4.69) is 5.32 Å². The Morgan fingerprint density at radius 3 is 2.30 bits per heavy atom. The second-order valence-corrected chi connectivity index (χ2v) is 6.63. The van der Waals surface area contributed by atoms with E-state index in [9.17, 15) is 9.59 Å². The predicted octanol–water partition coefficient (Wildman–Crippen LogP) is 4.31. The van der Waals surface area contributed by atoms with Gasteiger partial charge >= 0.3 is 12.1 Å². The van der Waals surface area contributed by atoms with E-state index >= 15 is 0 Å². The van der Waals surface area contributed by atoms with Crippen molar-refractivity contribution in [2.24, 2.45) is 0 Å². The van der Waals surface area contributed by atoms with E-state index in [0.29, 0.717) is 43.5 Å². The number of benzene rings is 2. The van der Waals surface area contributed by atoms with Gasteiger partial charge in [0.05, 0.1) is 6.61 Å². The molecule has 2 aromatic rings. The molecule has 3 rings (SSSR count). The maximum atomic E-state index is 12.5. The number of piperazine rings is 1. The zero-order valence-corrected chi connectivity index (χ0v) is 15.9. The van der Waals surface area contributed by atoms with Gasteiger partial charge in [0.25, 0.3) is 0 Å². The SMILES string of the molecule is CCOC(=O)N1CCN(C(=O)Nc2cccc(-c3cccc(Cl)c3)c2)CC1. The fourth-order valence-electron chi connectivity index (χ4n) is 2.95. The number of hydrogen-bond donors (Lipinski definition) is 1. The zero-order valence-electron chi connectivity index (χ0n) is 15.2. The van der Waals surface area contributed by atoms with Crippen LogP contribution in [0.25, 0.3) is 11.1 Å². The molecule has 0 saturated carbocycles. The highest BCUT2D eigenvalue weighted by Crippen LogP contribution is 2.25. The normalized spacial score (nSPS) is 14.0. The Hall–Kier alpha value is -2.73. The van der Waals surface area contributed by atoms with Gasteiger partial charge in [0.15, 0.2) is 0 Å². The van der Waals surface area contributed by atoms with Crippen LogP contribution < -0.4 is 5.32 Å². The zero-order chi connectivity index (χ0) is 19.2. The van der Waals surface area contributed by atoms with E-state index in [4.69, 9.17) is 16.3 Å². The number of urea groups is 1. The molecule has 0 atom stereocenters. The fraction of sp³-hybridized carbons (Fsp3) is 0.300. The quantitative estimate of drug-likeness (QED) is 0.853. The first-order valence-electron chi connectivity index (χ1n) is 8.90. The highest BCUT2D eigenvalue weighted by Gasteiger charge is 2.24. The maximum Gasteiger partial charge on any atom is 0.409 e. The number of halogens is 1. The molecule has 142 valence electrons. The van der Waals surface area contributed by atoms with Crippen molar-refractivity contribution in [3.8, 4) is 11.1 Å². The number of nitrogens with one attached hydrogen (secondary N) is 1. The fourth-order valence-corrected chi connectivity index (χ4v) is 3.14. The van der Waals surface area contributed by atoms with Crippen molar-refractivity contribution in [3.63, 3.8) is 0 Å². The summed E-state index contributed by atoms with van der Waals surface area (Å²) in [7, 11) is 0. The number of amides is 3. The largest absolute Gasteiger partial charge is 0.450 e. The molecule has 0 bridgehead atoms. The number of anilines is 1. The Morgan fingerprint density at radius 1 is 1.00 bits per heavy atom. The molecule has 1 saturated heterocycles. The van der Waals surface area contributed by atoms with Gasteiger partial charge in [-0.15, -0.1) is 0 Å². The minimum atomic E-state index is -0.327. The lowest BCUT2D eigenvalue weighted by Gasteiger charge is -2.34. The molecule has 1 aliphatic heterocycles. The number of carbonyl (C=O) groups excluding carboxylic acids is 2. The van der Waals surface area contributed by atoms with Gasteiger partial charge in [-0.05, 0) is 42.3 Å². The summed E-state index contributed by atoms with van der Waals surface area (Å²) in [6.07, 6.45) is -0.327. The first kappa shape index (κ1) is 19.0. The Bertz CT molecular complexity index is 820. The average Bonchev–Trinajstić information content (AvgIpc) is 2.68. The van der Waals surface area contributed by atoms with E-state index in [1.165, 1.54) is 0 Å². The number of hydrogen-bond acceptors (Lipinski definition) is 3. The van der Waals surface area contributed by atoms with Crippen LogP contribution in [0.15, 0.2) is 48.5 Å². The summed E-state index contributed by atoms with van der Waals surface area (Å²) >= 11 is 6.06. The van der Waals surface area contributed by atoms with Crippen molar-refractivity contribution >= 4 is 29.4 Å². The van der Waals surface area contributed by atoms with Crippen LogP contribution in [0.1, 0.15) is 6.92 Å². The van der Waals surface area contributed by atoms with Gasteiger partial charge < -0.3 is 19.9 Å². The Kier molecular flexibility index (Phi) is 6.19. The summed E-state index contributed by atoms with van der Waals surface area (Å²) < 4.78 is 4.99. The van der Waals surface area contributed by atoms with Crippen LogP contribution in [-0.2, 0) is 4.74 Å². The topological polar surface area (TPSA) is 61.9 Å². The summed E-state index contributed by atoms with van der Waals surface area (Å²) in [4.78, 5) is 27.6. The minimum absolute atomic E-state index is 0.179. The lowest BCUT2D eigenvalue weighted by Crippen LogP contribution is -2.51. The molecule has 7 heteroatoms. The molecule has 27 heavy (non-hydrogen) atoms. The first-order chi connectivity index (χ1) is 13.1. The van der Waals surface area contributed by atoms with Crippen molar-refractivity contribution in [1.82, 2.24) is 9.80 Å². The highest BCUT2D eigenvalue weighted by atomic mass is 35.5. The Labute approximate surface area is 163 Å². The molecule has 1 N–H and O–H groups in total. The van der Waals surface area contributed by atoms with Gasteiger partial charge in [-0.3, -0.25) is 0 Å². The number of rotatable bonds is 3. The van der Waals surface area contributed by atoms with Crippen molar-refractivity contribution in [1.29, 1.82) is 0 Å². The third kappa shape index (κ3) is 4.92. The molecule has 1 fully saturated rings. The predicted molar refractivity (Wildman–Crippen MR) is 106 cm³/mol. The van der Waals surface area contributed by atoms with Crippen molar-refractivity contribution in [2.45, 2.75) is 6.92 Å². The molecule has 0 radical (unpaired) electrons. The maximum absolute atomic E-state index is 12.5. The van der Waals surface area contributed by atoms with Crippen molar-refractivity contribution in [2.75, 3.05) is 38.1 Å². The third-order valence-corrected chi connectivity index (χ3v) is 4.60. The number of carbonyl (C=O) groups is 2. The Balaban J connectivity index is 1.60. The van der Waals surface area contributed by atoms with Crippen LogP contribution in [-0.4, -0.2) is 54.7 Å². The average molecular weight is 388 g/mol. The lowest BCUT2D eigenvalue weighted by atomic mass is 10.1. The molecule has 0 aliphatic carbocycles. The summed E-state index contributed by atoms with van der Waals surface area (Å²) in [5.41, 5.74) is 2.68. The van der Waals surface area contributed by atoms with E-state index < -0.39 is 0 Å². The van der Waals surface area contributed by atoms with Crippen LogP contribution in [0.3, 0.4) is 0 Å². The summed E-state index contributed by atoms with van der Waals surface area (Å²) in [5.74, 6) is 0. The van der Waals surface area contributed by atoms with E-state index in [0.717, 1.165) is 11.1 Å².